The van der Waals surface area contributed by atoms with Gasteiger partial charge in [0, 0.05) is 0 Å². The molecule has 0 aliphatic heterocycles. The zero-order chi connectivity index (χ0) is 13.3. The molecule has 0 saturated heterocycles. The molecule has 0 spiro atoms. The lowest BCUT2D eigenvalue weighted by Gasteiger charge is -2.43. The highest BCUT2D eigenvalue weighted by Crippen LogP contribution is 2.44. The van der Waals surface area contributed by atoms with E-state index in [2.05, 4.69) is 34.6 Å². The molecule has 3 rings (SSSR count). The fraction of sp³-hybridized carbons (Fsp3) is 0.267. The van der Waals surface area contributed by atoms with Crippen molar-refractivity contribution in [1.29, 1.82) is 0 Å². The SMILES string of the molecule is Nc1ccc(Cl)nc1NC1(c2ccccc2)CCC1. The van der Waals surface area contributed by atoms with Gasteiger partial charge in [0.05, 0.1) is 11.2 Å². The zero-order valence-electron chi connectivity index (χ0n) is 10.6. The standard InChI is InChI=1S/C15H16ClN3/c16-13-8-7-12(17)14(18-13)19-15(9-4-10-15)11-5-2-1-3-6-11/h1-3,5-8H,4,9-10,17H2,(H,18,19). The average molecular weight is 274 g/mol. The highest BCUT2D eigenvalue weighted by atomic mass is 35.5. The lowest BCUT2D eigenvalue weighted by molar-refractivity contribution is 0.283. The number of benzene rings is 1. The van der Waals surface area contributed by atoms with Crippen LogP contribution in [0.15, 0.2) is 42.5 Å². The Hall–Kier alpha value is -1.74. The van der Waals surface area contributed by atoms with Crippen LogP contribution < -0.4 is 11.1 Å². The van der Waals surface area contributed by atoms with Gasteiger partial charge < -0.3 is 11.1 Å². The summed E-state index contributed by atoms with van der Waals surface area (Å²) >= 11 is 5.95. The maximum Gasteiger partial charge on any atom is 0.151 e. The van der Waals surface area contributed by atoms with E-state index in [4.69, 9.17) is 17.3 Å². The largest absolute Gasteiger partial charge is 0.396 e. The van der Waals surface area contributed by atoms with Crippen molar-refractivity contribution >= 4 is 23.1 Å². The molecule has 3 N–H and O–H groups in total. The molecule has 0 radical (unpaired) electrons. The summed E-state index contributed by atoms with van der Waals surface area (Å²) in [5, 5.41) is 3.95. The van der Waals surface area contributed by atoms with E-state index in [0.717, 1.165) is 12.8 Å². The van der Waals surface area contributed by atoms with Crippen molar-refractivity contribution in [3.05, 3.63) is 53.2 Å². The van der Waals surface area contributed by atoms with Crippen LogP contribution in [0.1, 0.15) is 24.8 Å². The minimum absolute atomic E-state index is 0.0485. The van der Waals surface area contributed by atoms with E-state index in [1.165, 1.54) is 12.0 Å². The van der Waals surface area contributed by atoms with E-state index in [0.29, 0.717) is 16.7 Å². The molecule has 3 nitrogen and oxygen atoms in total. The van der Waals surface area contributed by atoms with Crippen molar-refractivity contribution in [2.75, 3.05) is 11.1 Å². The summed E-state index contributed by atoms with van der Waals surface area (Å²) in [5.41, 5.74) is 7.83. The number of hydrogen-bond donors (Lipinski definition) is 2. The molecule has 1 fully saturated rings. The Balaban J connectivity index is 1.94. The van der Waals surface area contributed by atoms with Crippen LogP contribution in [-0.4, -0.2) is 4.98 Å². The third-order valence-electron chi connectivity index (χ3n) is 3.78. The lowest BCUT2D eigenvalue weighted by atomic mass is 9.72. The topological polar surface area (TPSA) is 50.9 Å². The van der Waals surface area contributed by atoms with E-state index >= 15 is 0 Å². The molecule has 1 aliphatic carbocycles. The summed E-state index contributed by atoms with van der Waals surface area (Å²) < 4.78 is 0. The smallest absolute Gasteiger partial charge is 0.151 e. The summed E-state index contributed by atoms with van der Waals surface area (Å²) in [4.78, 5) is 4.29. The number of halogens is 1. The minimum Gasteiger partial charge on any atom is -0.396 e. The molecule has 1 saturated carbocycles. The normalized spacial score (nSPS) is 16.7. The predicted molar refractivity (Wildman–Crippen MR) is 79.3 cm³/mol. The molecule has 1 aliphatic rings. The zero-order valence-corrected chi connectivity index (χ0v) is 11.3. The molecular formula is C15H16ClN3. The summed E-state index contributed by atoms with van der Waals surface area (Å²) in [7, 11) is 0. The Morgan fingerprint density at radius 2 is 1.84 bits per heavy atom. The molecule has 0 bridgehead atoms. The first kappa shape index (κ1) is 12.3. The first-order valence-corrected chi connectivity index (χ1v) is 6.83. The second kappa shape index (κ2) is 4.74. The van der Waals surface area contributed by atoms with E-state index < -0.39 is 0 Å². The second-order valence-corrected chi connectivity index (χ2v) is 5.39. The monoisotopic (exact) mass is 273 g/mol. The summed E-state index contributed by atoms with van der Waals surface area (Å²) in [5.74, 6) is 0.677. The van der Waals surface area contributed by atoms with Crippen molar-refractivity contribution in [2.45, 2.75) is 24.8 Å². The fourth-order valence-corrected chi connectivity index (χ4v) is 2.69. The average Bonchev–Trinajstić information content (AvgIpc) is 2.39. The van der Waals surface area contributed by atoms with Crippen molar-refractivity contribution < 1.29 is 0 Å². The maximum absolute atomic E-state index is 5.97. The highest BCUT2D eigenvalue weighted by Gasteiger charge is 2.39. The number of hydrogen-bond acceptors (Lipinski definition) is 3. The molecule has 19 heavy (non-hydrogen) atoms. The van der Waals surface area contributed by atoms with Gasteiger partial charge in [-0.2, -0.15) is 0 Å². The van der Waals surface area contributed by atoms with Crippen molar-refractivity contribution in [3.8, 4) is 0 Å². The van der Waals surface area contributed by atoms with Crippen LogP contribution in [0.3, 0.4) is 0 Å². The Labute approximate surface area is 117 Å². The van der Waals surface area contributed by atoms with Crippen LogP contribution in [0.4, 0.5) is 11.5 Å². The van der Waals surface area contributed by atoms with Crippen LogP contribution in [0, 0.1) is 0 Å². The van der Waals surface area contributed by atoms with Gasteiger partial charge in [0.25, 0.3) is 0 Å². The van der Waals surface area contributed by atoms with Gasteiger partial charge in [-0.3, -0.25) is 0 Å². The van der Waals surface area contributed by atoms with E-state index in [1.54, 1.807) is 12.1 Å². The van der Waals surface area contributed by atoms with Crippen LogP contribution in [0.25, 0.3) is 0 Å². The summed E-state index contributed by atoms with van der Waals surface area (Å²) in [6.45, 7) is 0. The van der Waals surface area contributed by atoms with Crippen molar-refractivity contribution in [2.24, 2.45) is 0 Å². The number of anilines is 2. The number of rotatable bonds is 3. The van der Waals surface area contributed by atoms with E-state index in [9.17, 15) is 0 Å². The number of nitrogens with one attached hydrogen (secondary N) is 1. The summed E-state index contributed by atoms with van der Waals surface area (Å²) in [6.07, 6.45) is 3.39. The number of nitrogen functional groups attached to an aromatic ring is 1. The quantitative estimate of drug-likeness (QED) is 0.836. The van der Waals surface area contributed by atoms with E-state index in [1.807, 2.05) is 6.07 Å². The van der Waals surface area contributed by atoms with Gasteiger partial charge in [0.15, 0.2) is 5.82 Å². The molecule has 98 valence electrons. The Morgan fingerprint density at radius 1 is 1.11 bits per heavy atom. The van der Waals surface area contributed by atoms with Crippen LogP contribution in [0.2, 0.25) is 5.15 Å². The molecule has 4 heteroatoms. The number of nitrogens with two attached hydrogens (primary N) is 1. The molecule has 1 heterocycles. The second-order valence-electron chi connectivity index (χ2n) is 5.00. The van der Waals surface area contributed by atoms with Gasteiger partial charge in [0.1, 0.15) is 5.15 Å². The van der Waals surface area contributed by atoms with Gasteiger partial charge in [0.2, 0.25) is 0 Å². The molecule has 1 aromatic heterocycles. The fourth-order valence-electron chi connectivity index (χ4n) is 2.55. The van der Waals surface area contributed by atoms with Gasteiger partial charge in [-0.05, 0) is 37.0 Å². The molecule has 2 aromatic rings. The van der Waals surface area contributed by atoms with Gasteiger partial charge in [-0.15, -0.1) is 0 Å². The predicted octanol–water partition coefficient (Wildman–Crippen LogP) is 3.81. The third-order valence-corrected chi connectivity index (χ3v) is 3.99. The van der Waals surface area contributed by atoms with Gasteiger partial charge in [-0.25, -0.2) is 4.98 Å². The maximum atomic E-state index is 5.97. The number of pyridine rings is 1. The number of nitrogens with zero attached hydrogens (tertiary/aromatic N) is 1. The van der Waals surface area contributed by atoms with Crippen molar-refractivity contribution in [3.63, 3.8) is 0 Å². The molecule has 0 atom stereocenters. The first-order chi connectivity index (χ1) is 9.20. The van der Waals surface area contributed by atoms with Gasteiger partial charge >= 0.3 is 0 Å². The van der Waals surface area contributed by atoms with Crippen LogP contribution >= 0.6 is 11.6 Å². The molecule has 1 aromatic carbocycles. The molecule has 0 unspecified atom stereocenters. The molecular weight excluding hydrogens is 258 g/mol. The van der Waals surface area contributed by atoms with Crippen LogP contribution in [-0.2, 0) is 5.54 Å². The lowest BCUT2D eigenvalue weighted by Crippen LogP contribution is -2.42. The Bertz CT molecular complexity index is 579. The Morgan fingerprint density at radius 3 is 2.47 bits per heavy atom. The van der Waals surface area contributed by atoms with Crippen LogP contribution in [0.5, 0.6) is 0 Å². The van der Waals surface area contributed by atoms with Crippen molar-refractivity contribution in [1.82, 2.24) is 4.98 Å². The highest BCUT2D eigenvalue weighted by molar-refractivity contribution is 6.29. The van der Waals surface area contributed by atoms with E-state index in [-0.39, 0.29) is 5.54 Å². The minimum atomic E-state index is -0.0485. The number of aromatic nitrogens is 1. The molecule has 0 amide bonds. The van der Waals surface area contributed by atoms with Gasteiger partial charge in [-0.1, -0.05) is 41.9 Å². The Kier molecular flexibility index (Phi) is 3.07. The third kappa shape index (κ3) is 2.26. The summed E-state index contributed by atoms with van der Waals surface area (Å²) in [6, 6.07) is 13.9. The first-order valence-electron chi connectivity index (χ1n) is 6.45.